The van der Waals surface area contributed by atoms with Crippen LogP contribution in [0.25, 0.3) is 0 Å². The monoisotopic (exact) mass is 365 g/mol. The summed E-state index contributed by atoms with van der Waals surface area (Å²) in [7, 11) is -4.12. The fourth-order valence-corrected chi connectivity index (χ4v) is 2.83. The van der Waals surface area contributed by atoms with E-state index in [0.717, 1.165) is 12.0 Å². The van der Waals surface area contributed by atoms with Crippen molar-refractivity contribution in [2.45, 2.75) is 52.1 Å². The molecule has 0 amide bonds. The van der Waals surface area contributed by atoms with Gasteiger partial charge in [-0.2, -0.15) is 21.6 Å². The summed E-state index contributed by atoms with van der Waals surface area (Å²) < 4.78 is 66.7. The molecule has 24 heavy (non-hydrogen) atoms. The van der Waals surface area contributed by atoms with Crippen LogP contribution in [-0.2, 0) is 14.4 Å². The first kappa shape index (κ1) is 20.5. The molecule has 0 heterocycles. The van der Waals surface area contributed by atoms with Crippen LogP contribution in [-0.4, -0.2) is 26.1 Å². The minimum Gasteiger partial charge on any atom is -0.268 e. The highest BCUT2D eigenvalue weighted by Gasteiger charge is 2.38. The molecule has 0 aromatic heterocycles. The van der Waals surface area contributed by atoms with Crippen LogP contribution in [0.4, 0.5) is 13.2 Å². The van der Waals surface area contributed by atoms with Crippen molar-refractivity contribution in [3.63, 3.8) is 0 Å². The predicted molar refractivity (Wildman–Crippen MR) is 87.5 cm³/mol. The average Bonchev–Trinajstić information content (AvgIpc) is 2.51. The third-order valence-corrected chi connectivity index (χ3v) is 4.71. The Morgan fingerprint density at radius 1 is 1.21 bits per heavy atom. The van der Waals surface area contributed by atoms with Gasteiger partial charge in [0.15, 0.2) is 5.71 Å². The second-order valence-electron chi connectivity index (χ2n) is 5.56. The smallest absolute Gasteiger partial charge is 0.268 e. The molecule has 1 aromatic carbocycles. The fourth-order valence-electron chi connectivity index (χ4n) is 1.93. The molecule has 1 rings (SSSR count). The Morgan fingerprint density at radius 3 is 2.25 bits per heavy atom. The second kappa shape index (κ2) is 8.50. The predicted octanol–water partition coefficient (Wildman–Crippen LogP) is 4.61. The van der Waals surface area contributed by atoms with Crippen LogP contribution in [0.3, 0.4) is 0 Å². The van der Waals surface area contributed by atoms with Gasteiger partial charge < -0.3 is 0 Å². The van der Waals surface area contributed by atoms with E-state index < -0.39 is 22.0 Å². The van der Waals surface area contributed by atoms with Crippen molar-refractivity contribution in [1.82, 2.24) is 0 Å². The minimum absolute atomic E-state index is 0.219. The molecule has 0 bridgehead atoms. The lowest BCUT2D eigenvalue weighted by atomic mass is 9.97. The first-order chi connectivity index (χ1) is 11.1. The van der Waals surface area contributed by atoms with Crippen molar-refractivity contribution < 1.29 is 25.9 Å². The van der Waals surface area contributed by atoms with Gasteiger partial charge in [0, 0.05) is 5.56 Å². The first-order valence-electron chi connectivity index (χ1n) is 7.77. The molecule has 136 valence electrons. The van der Waals surface area contributed by atoms with Crippen LogP contribution in [0.5, 0.6) is 0 Å². The highest BCUT2D eigenvalue weighted by Crippen LogP contribution is 2.25. The van der Waals surface area contributed by atoms with Crippen LogP contribution in [0.1, 0.15) is 57.1 Å². The minimum atomic E-state index is -4.82. The Bertz CT molecular complexity index is 652. The van der Waals surface area contributed by atoms with E-state index in [0.29, 0.717) is 12.8 Å². The Labute approximate surface area is 140 Å². The number of alkyl halides is 3. The first-order valence-corrected chi connectivity index (χ1v) is 9.35. The maximum Gasteiger partial charge on any atom is 0.437 e. The van der Waals surface area contributed by atoms with Crippen LogP contribution in [0, 0.1) is 0 Å². The Kier molecular flexibility index (Phi) is 7.26. The standard InChI is InChI=1S/C16H22F3NO3S/c1-4-6-11-24(21,22)23-20-15(16(17,18)19)14-9-7-13(8-10-14)12(3)5-2/h7-10,12H,4-6,11H2,1-3H3/b20-15+. The van der Waals surface area contributed by atoms with Crippen LogP contribution in [0.15, 0.2) is 29.4 Å². The number of benzene rings is 1. The summed E-state index contributed by atoms with van der Waals surface area (Å²) >= 11 is 0. The molecule has 0 aliphatic heterocycles. The number of halogens is 3. The van der Waals surface area contributed by atoms with E-state index in [2.05, 4.69) is 9.44 Å². The molecule has 1 aromatic rings. The average molecular weight is 365 g/mol. The molecular formula is C16H22F3NO3S. The molecule has 0 fully saturated rings. The molecule has 1 unspecified atom stereocenters. The van der Waals surface area contributed by atoms with Crippen molar-refractivity contribution in [1.29, 1.82) is 0 Å². The fraction of sp³-hybridized carbons (Fsp3) is 0.562. The third-order valence-electron chi connectivity index (χ3n) is 3.62. The molecule has 0 spiro atoms. The van der Waals surface area contributed by atoms with Crippen molar-refractivity contribution >= 4 is 15.8 Å². The lowest BCUT2D eigenvalue weighted by Gasteiger charge is -2.13. The van der Waals surface area contributed by atoms with Crippen molar-refractivity contribution in [2.24, 2.45) is 5.16 Å². The molecule has 4 nitrogen and oxygen atoms in total. The van der Waals surface area contributed by atoms with Crippen molar-refractivity contribution in [3.8, 4) is 0 Å². The van der Waals surface area contributed by atoms with E-state index in [1.54, 1.807) is 19.1 Å². The normalized spacial score (nSPS) is 14.5. The molecule has 0 saturated heterocycles. The Balaban J connectivity index is 3.08. The van der Waals surface area contributed by atoms with E-state index in [-0.39, 0.29) is 17.2 Å². The summed E-state index contributed by atoms with van der Waals surface area (Å²) in [5, 5.41) is 2.89. The van der Waals surface area contributed by atoms with Gasteiger partial charge in [-0.25, -0.2) is 0 Å². The summed E-state index contributed by atoms with van der Waals surface area (Å²) in [5.41, 5.74) is -0.697. The van der Waals surface area contributed by atoms with Crippen molar-refractivity contribution in [2.75, 3.05) is 5.75 Å². The summed E-state index contributed by atoms with van der Waals surface area (Å²) in [4.78, 5) is 0. The lowest BCUT2D eigenvalue weighted by molar-refractivity contribution is -0.0597. The third kappa shape index (κ3) is 6.14. The van der Waals surface area contributed by atoms with Gasteiger partial charge in [-0.15, -0.1) is 0 Å². The van der Waals surface area contributed by atoms with Gasteiger partial charge in [0.1, 0.15) is 0 Å². The van der Waals surface area contributed by atoms with Gasteiger partial charge in [-0.05, 0) is 24.3 Å². The number of unbranched alkanes of at least 4 members (excludes halogenated alkanes) is 1. The number of rotatable bonds is 8. The van der Waals surface area contributed by atoms with Crippen LogP contribution in [0.2, 0.25) is 0 Å². The Hall–Kier alpha value is -1.57. The zero-order valence-corrected chi connectivity index (χ0v) is 14.7. The zero-order chi connectivity index (χ0) is 18.4. The largest absolute Gasteiger partial charge is 0.437 e. The van der Waals surface area contributed by atoms with Gasteiger partial charge in [-0.3, -0.25) is 4.28 Å². The van der Waals surface area contributed by atoms with Gasteiger partial charge in [0.2, 0.25) is 0 Å². The molecule has 1 atom stereocenters. The Morgan fingerprint density at radius 2 is 1.79 bits per heavy atom. The maximum atomic E-state index is 13.2. The van der Waals surface area contributed by atoms with Gasteiger partial charge >= 0.3 is 16.3 Å². The molecule has 0 aliphatic rings. The highest BCUT2D eigenvalue weighted by molar-refractivity contribution is 7.86. The van der Waals surface area contributed by atoms with E-state index in [1.165, 1.54) is 12.1 Å². The summed E-state index contributed by atoms with van der Waals surface area (Å²) in [5.74, 6) is -0.151. The highest BCUT2D eigenvalue weighted by atomic mass is 32.2. The van der Waals surface area contributed by atoms with E-state index in [1.807, 2.05) is 13.8 Å². The van der Waals surface area contributed by atoms with Crippen LogP contribution >= 0.6 is 0 Å². The molecule has 0 radical (unpaired) electrons. The van der Waals surface area contributed by atoms with E-state index in [4.69, 9.17) is 0 Å². The van der Waals surface area contributed by atoms with Crippen molar-refractivity contribution in [3.05, 3.63) is 35.4 Å². The maximum absolute atomic E-state index is 13.2. The SMILES string of the molecule is CCCCS(=O)(=O)O/N=C(\c1ccc(C(C)CC)cc1)C(F)(F)F. The quantitative estimate of drug-likeness (QED) is 0.499. The summed E-state index contributed by atoms with van der Waals surface area (Å²) in [6.07, 6.45) is -3.09. The molecule has 0 aliphatic carbocycles. The van der Waals surface area contributed by atoms with Gasteiger partial charge in [0.05, 0.1) is 5.75 Å². The van der Waals surface area contributed by atoms with Gasteiger partial charge in [-0.1, -0.05) is 56.6 Å². The molecular weight excluding hydrogens is 343 g/mol. The topological polar surface area (TPSA) is 55.7 Å². The van der Waals surface area contributed by atoms with Crippen LogP contribution < -0.4 is 0 Å². The molecule has 0 N–H and O–H groups in total. The van der Waals surface area contributed by atoms with Gasteiger partial charge in [0.25, 0.3) is 0 Å². The number of hydrogen-bond donors (Lipinski definition) is 0. The zero-order valence-electron chi connectivity index (χ0n) is 13.9. The lowest BCUT2D eigenvalue weighted by Crippen LogP contribution is -2.25. The number of hydrogen-bond acceptors (Lipinski definition) is 4. The van der Waals surface area contributed by atoms with E-state index in [9.17, 15) is 21.6 Å². The summed E-state index contributed by atoms with van der Waals surface area (Å²) in [6, 6.07) is 5.71. The number of oxime groups is 1. The van der Waals surface area contributed by atoms with E-state index >= 15 is 0 Å². The summed E-state index contributed by atoms with van der Waals surface area (Å²) in [6.45, 7) is 5.71. The molecule has 0 saturated carbocycles. The molecule has 8 heteroatoms. The second-order valence-corrected chi connectivity index (χ2v) is 7.23. The number of nitrogens with zero attached hydrogens (tertiary/aromatic N) is 1.